The highest BCUT2D eigenvalue weighted by Gasteiger charge is 2.42. The summed E-state index contributed by atoms with van der Waals surface area (Å²) in [6, 6.07) is 11.0. The van der Waals surface area contributed by atoms with Gasteiger partial charge in [-0.1, -0.05) is 33.3 Å². The van der Waals surface area contributed by atoms with Crippen LogP contribution in [0.1, 0.15) is 51.4 Å². The average molecular weight is 431 g/mol. The summed E-state index contributed by atoms with van der Waals surface area (Å²) in [5, 5.41) is 11.8. The summed E-state index contributed by atoms with van der Waals surface area (Å²) < 4.78 is 20.9. The quantitative estimate of drug-likeness (QED) is 0.610. The van der Waals surface area contributed by atoms with E-state index < -0.39 is 13.2 Å². The lowest BCUT2D eigenvalue weighted by Crippen LogP contribution is -2.35. The maximum absolute atomic E-state index is 14.4. The van der Waals surface area contributed by atoms with Gasteiger partial charge in [-0.25, -0.2) is 0 Å². The number of pyridine rings is 1. The first-order valence-electron chi connectivity index (χ1n) is 10.9. The summed E-state index contributed by atoms with van der Waals surface area (Å²) in [4.78, 5) is 6.10. The minimum atomic E-state index is -3.61. The third-order valence-electron chi connectivity index (χ3n) is 6.28. The maximum atomic E-state index is 14.4. The van der Waals surface area contributed by atoms with Gasteiger partial charge in [0.2, 0.25) is 0 Å². The third kappa shape index (κ3) is 4.96. The van der Waals surface area contributed by atoms with E-state index in [9.17, 15) is 9.67 Å². The van der Waals surface area contributed by atoms with Crippen LogP contribution in [-0.4, -0.2) is 30.3 Å². The standard InChI is InChI=1S/C24H35N2O3P/c1-17(2)22-13-8-18(3)15-23(22)29-30(28,24(27)19-7-6-14-25-16-19)21-11-9-20(10-12-21)26(4)5/h6-7,9-12,14,16-18,22-24,27H,8,13,15H2,1-5H3/t18-,22-,23-,24-,30-/m1/s1. The van der Waals surface area contributed by atoms with Crippen molar-refractivity contribution in [3.05, 3.63) is 54.4 Å². The zero-order chi connectivity index (χ0) is 21.9. The summed E-state index contributed by atoms with van der Waals surface area (Å²) in [6.45, 7) is 6.62. The van der Waals surface area contributed by atoms with Crippen molar-refractivity contribution < 1.29 is 14.2 Å². The summed E-state index contributed by atoms with van der Waals surface area (Å²) in [5.41, 5.74) is 1.52. The number of aromatic nitrogens is 1. The molecule has 0 spiro atoms. The van der Waals surface area contributed by atoms with Crippen LogP contribution in [0.2, 0.25) is 0 Å². The van der Waals surface area contributed by atoms with Gasteiger partial charge in [0.15, 0.2) is 5.85 Å². The summed E-state index contributed by atoms with van der Waals surface area (Å²) in [7, 11) is 0.319. The van der Waals surface area contributed by atoms with Crippen LogP contribution in [0.15, 0.2) is 48.8 Å². The molecule has 1 aromatic carbocycles. The average Bonchev–Trinajstić information content (AvgIpc) is 2.73. The zero-order valence-corrected chi connectivity index (χ0v) is 19.6. The van der Waals surface area contributed by atoms with E-state index in [1.165, 1.54) is 0 Å². The fourth-order valence-electron chi connectivity index (χ4n) is 4.38. The molecule has 1 aliphatic carbocycles. The topological polar surface area (TPSA) is 62.7 Å². The van der Waals surface area contributed by atoms with Crippen molar-refractivity contribution in [3.63, 3.8) is 0 Å². The first kappa shape index (κ1) is 23.0. The number of hydrogen-bond donors (Lipinski definition) is 1. The minimum Gasteiger partial charge on any atom is -0.378 e. The van der Waals surface area contributed by atoms with Gasteiger partial charge in [0.05, 0.1) is 6.10 Å². The van der Waals surface area contributed by atoms with Crippen LogP contribution in [0.5, 0.6) is 0 Å². The molecule has 6 heteroatoms. The Kier molecular flexibility index (Phi) is 7.38. The first-order valence-corrected chi connectivity index (χ1v) is 12.6. The van der Waals surface area contributed by atoms with Crippen molar-refractivity contribution >= 4 is 18.4 Å². The lowest BCUT2D eigenvalue weighted by molar-refractivity contribution is 0.0427. The molecule has 0 unspecified atom stereocenters. The Morgan fingerprint density at radius 2 is 1.87 bits per heavy atom. The predicted octanol–water partition coefficient (Wildman–Crippen LogP) is 5.22. The normalized spacial score (nSPS) is 25.0. The Balaban J connectivity index is 2.01. The molecule has 1 aromatic heterocycles. The SMILES string of the molecule is CC(C)[C@H]1CC[C@@H](C)C[C@H]1O[P@](=O)(c1ccc(N(C)C)cc1)[C@@H](O)c1cccnc1. The van der Waals surface area contributed by atoms with E-state index in [4.69, 9.17) is 4.52 Å². The Hall–Kier alpha value is -1.68. The smallest absolute Gasteiger partial charge is 0.264 e. The molecule has 1 fully saturated rings. The molecule has 164 valence electrons. The highest BCUT2D eigenvalue weighted by Crippen LogP contribution is 2.60. The minimum absolute atomic E-state index is 0.139. The fourth-order valence-corrected chi connectivity index (χ4v) is 6.65. The lowest BCUT2D eigenvalue weighted by atomic mass is 9.75. The molecule has 2 aromatic rings. The predicted molar refractivity (Wildman–Crippen MR) is 123 cm³/mol. The van der Waals surface area contributed by atoms with Crippen LogP contribution < -0.4 is 10.2 Å². The van der Waals surface area contributed by atoms with Crippen LogP contribution in [0, 0.1) is 17.8 Å². The monoisotopic (exact) mass is 430 g/mol. The number of aliphatic hydroxyl groups is 1. The molecule has 30 heavy (non-hydrogen) atoms. The highest BCUT2D eigenvalue weighted by molar-refractivity contribution is 7.67. The summed E-state index contributed by atoms with van der Waals surface area (Å²) in [6.07, 6.45) is 6.16. The van der Waals surface area contributed by atoms with Crippen molar-refractivity contribution in [2.24, 2.45) is 17.8 Å². The van der Waals surface area contributed by atoms with Crippen molar-refractivity contribution in [3.8, 4) is 0 Å². The van der Waals surface area contributed by atoms with Crippen molar-refractivity contribution in [2.45, 2.75) is 52.0 Å². The van der Waals surface area contributed by atoms with E-state index in [0.717, 1.165) is 24.9 Å². The van der Waals surface area contributed by atoms with Gasteiger partial charge in [0.1, 0.15) is 0 Å². The Bertz CT molecular complexity index is 855. The Labute approximate surface area is 180 Å². The molecule has 0 amide bonds. The molecule has 5 atom stereocenters. The summed E-state index contributed by atoms with van der Waals surface area (Å²) in [5.74, 6) is 0.0332. The number of anilines is 1. The Morgan fingerprint density at radius 3 is 2.43 bits per heavy atom. The van der Waals surface area contributed by atoms with Crippen LogP contribution in [0.25, 0.3) is 0 Å². The molecule has 3 rings (SSSR count). The summed E-state index contributed by atoms with van der Waals surface area (Å²) >= 11 is 0. The van der Waals surface area contributed by atoms with Gasteiger partial charge in [0, 0.05) is 43.0 Å². The second-order valence-electron chi connectivity index (χ2n) is 9.14. The van der Waals surface area contributed by atoms with Gasteiger partial charge in [-0.3, -0.25) is 9.55 Å². The van der Waals surface area contributed by atoms with Gasteiger partial charge in [-0.15, -0.1) is 0 Å². The van der Waals surface area contributed by atoms with Crippen molar-refractivity contribution in [2.75, 3.05) is 19.0 Å². The number of rotatable bonds is 7. The van der Waals surface area contributed by atoms with Crippen molar-refractivity contribution in [1.29, 1.82) is 0 Å². The van der Waals surface area contributed by atoms with Crippen LogP contribution in [0.4, 0.5) is 5.69 Å². The molecule has 1 heterocycles. The number of benzene rings is 1. The number of nitrogens with zero attached hydrogens (tertiary/aromatic N) is 2. The molecule has 1 aliphatic rings. The zero-order valence-electron chi connectivity index (χ0n) is 18.7. The molecule has 1 N–H and O–H groups in total. The van der Waals surface area contributed by atoms with Crippen LogP contribution in [-0.2, 0) is 9.09 Å². The largest absolute Gasteiger partial charge is 0.378 e. The molecule has 5 nitrogen and oxygen atoms in total. The van der Waals surface area contributed by atoms with Gasteiger partial charge < -0.3 is 14.5 Å². The number of hydrogen-bond acceptors (Lipinski definition) is 5. The van der Waals surface area contributed by atoms with E-state index >= 15 is 0 Å². The van der Waals surface area contributed by atoms with E-state index in [1.807, 2.05) is 43.3 Å². The molecular formula is C24H35N2O3P. The Morgan fingerprint density at radius 1 is 1.17 bits per heavy atom. The van der Waals surface area contributed by atoms with E-state index in [0.29, 0.717) is 28.6 Å². The highest BCUT2D eigenvalue weighted by atomic mass is 31.2. The van der Waals surface area contributed by atoms with E-state index in [-0.39, 0.29) is 6.10 Å². The van der Waals surface area contributed by atoms with E-state index in [1.54, 1.807) is 24.5 Å². The third-order valence-corrected chi connectivity index (χ3v) is 8.83. The van der Waals surface area contributed by atoms with Crippen LogP contribution in [0.3, 0.4) is 0 Å². The van der Waals surface area contributed by atoms with E-state index in [2.05, 4.69) is 25.8 Å². The van der Waals surface area contributed by atoms with Gasteiger partial charge in [0.25, 0.3) is 7.37 Å². The second-order valence-corrected chi connectivity index (χ2v) is 11.5. The maximum Gasteiger partial charge on any atom is 0.264 e. The molecule has 0 radical (unpaired) electrons. The molecular weight excluding hydrogens is 395 g/mol. The van der Waals surface area contributed by atoms with Gasteiger partial charge in [-0.05, 0) is 60.9 Å². The van der Waals surface area contributed by atoms with Crippen molar-refractivity contribution in [1.82, 2.24) is 4.98 Å². The first-order chi connectivity index (χ1) is 14.2. The molecule has 0 aliphatic heterocycles. The lowest BCUT2D eigenvalue weighted by Gasteiger charge is -2.39. The number of aliphatic hydroxyl groups excluding tert-OH is 1. The second kappa shape index (κ2) is 9.64. The fraction of sp³-hybridized carbons (Fsp3) is 0.542. The molecule has 1 saturated carbocycles. The molecule has 0 saturated heterocycles. The van der Waals surface area contributed by atoms with Gasteiger partial charge >= 0.3 is 0 Å². The van der Waals surface area contributed by atoms with Gasteiger partial charge in [-0.2, -0.15) is 0 Å². The molecule has 0 bridgehead atoms. The van der Waals surface area contributed by atoms with Crippen LogP contribution >= 0.6 is 7.37 Å².